The van der Waals surface area contributed by atoms with Crippen molar-refractivity contribution in [1.29, 1.82) is 0 Å². The van der Waals surface area contributed by atoms with Crippen molar-refractivity contribution in [1.82, 2.24) is 20.4 Å². The minimum atomic E-state index is -4.64. The number of hydrogen-bond acceptors (Lipinski definition) is 4. The zero-order valence-corrected chi connectivity index (χ0v) is 17.2. The zero-order chi connectivity index (χ0) is 23.5. The fourth-order valence-electron chi connectivity index (χ4n) is 3.03. The van der Waals surface area contributed by atoms with E-state index < -0.39 is 28.8 Å². The number of aromatic nitrogens is 2. The number of carbonyl (C=O) groups is 2. The summed E-state index contributed by atoms with van der Waals surface area (Å²) in [4.78, 5) is 36.5. The minimum absolute atomic E-state index is 0.0288. The number of hydrogen-bond donors (Lipinski definition) is 2. The van der Waals surface area contributed by atoms with E-state index in [2.05, 4.69) is 15.7 Å². The molecule has 0 spiro atoms. The van der Waals surface area contributed by atoms with Crippen molar-refractivity contribution >= 4 is 11.8 Å². The molecule has 0 saturated carbocycles. The fourth-order valence-corrected chi connectivity index (χ4v) is 3.03. The highest BCUT2D eigenvalue weighted by Gasteiger charge is 2.34. The van der Waals surface area contributed by atoms with Crippen LogP contribution in [0, 0.1) is 6.92 Å². The molecule has 10 heteroatoms. The maximum Gasteiger partial charge on any atom is 0.418 e. The molecule has 0 aliphatic carbocycles. The van der Waals surface area contributed by atoms with E-state index in [4.69, 9.17) is 0 Å². The average Bonchev–Trinajstić information content (AvgIpc) is 2.77. The van der Waals surface area contributed by atoms with Gasteiger partial charge in [-0.15, -0.1) is 0 Å². The van der Waals surface area contributed by atoms with E-state index in [1.807, 2.05) is 0 Å². The summed E-state index contributed by atoms with van der Waals surface area (Å²) in [5, 5.41) is 8.93. The molecule has 0 bridgehead atoms. The van der Waals surface area contributed by atoms with Gasteiger partial charge in [-0.2, -0.15) is 18.3 Å². The molecule has 2 N–H and O–H groups in total. The van der Waals surface area contributed by atoms with Gasteiger partial charge in [-0.1, -0.05) is 24.3 Å². The van der Waals surface area contributed by atoms with Gasteiger partial charge in [0.1, 0.15) is 0 Å². The number of amides is 2. The molecule has 0 unspecified atom stereocenters. The molecule has 3 aromatic rings. The topological polar surface area (TPSA) is 93.1 Å². The molecule has 0 fully saturated rings. The summed E-state index contributed by atoms with van der Waals surface area (Å²) < 4.78 is 41.1. The van der Waals surface area contributed by atoms with Crippen molar-refractivity contribution in [2.75, 3.05) is 7.05 Å². The van der Waals surface area contributed by atoms with Gasteiger partial charge in [-0.25, -0.2) is 4.68 Å². The highest BCUT2D eigenvalue weighted by atomic mass is 19.4. The van der Waals surface area contributed by atoms with Gasteiger partial charge >= 0.3 is 6.18 Å². The van der Waals surface area contributed by atoms with Crippen LogP contribution in [0.2, 0.25) is 0 Å². The normalized spacial score (nSPS) is 11.2. The Balaban J connectivity index is 1.87. The van der Waals surface area contributed by atoms with E-state index >= 15 is 0 Å². The highest BCUT2D eigenvalue weighted by Crippen LogP contribution is 2.33. The maximum atomic E-state index is 13.4. The Morgan fingerprint density at radius 1 is 1.03 bits per heavy atom. The molecule has 1 heterocycles. The van der Waals surface area contributed by atoms with Crippen LogP contribution in [0.4, 0.5) is 13.2 Å². The molecule has 3 rings (SSSR count). The van der Waals surface area contributed by atoms with Crippen LogP contribution in [0.1, 0.15) is 37.7 Å². The van der Waals surface area contributed by atoms with Crippen LogP contribution in [-0.2, 0) is 12.7 Å². The number of alkyl halides is 3. The number of carbonyl (C=O) groups excluding carboxylic acids is 2. The van der Waals surface area contributed by atoms with Crippen molar-refractivity contribution in [2.45, 2.75) is 19.6 Å². The molecule has 166 valence electrons. The van der Waals surface area contributed by atoms with E-state index in [-0.39, 0.29) is 23.8 Å². The third-order valence-electron chi connectivity index (χ3n) is 4.66. The Hall–Kier alpha value is -3.95. The standard InChI is InChI=1S/C22H19F3N4O3/c1-13-11-18(30)19(28-29(13)17-6-4-3-5-16(17)22(23,24)25)21(32)27-12-14-7-9-15(10-8-14)20(31)26-2/h3-11H,12H2,1-2H3,(H,26,31)(H,27,32). The van der Waals surface area contributed by atoms with E-state index in [0.29, 0.717) is 11.1 Å². The first-order valence-corrected chi connectivity index (χ1v) is 9.48. The van der Waals surface area contributed by atoms with Gasteiger partial charge in [0.2, 0.25) is 5.43 Å². The summed E-state index contributed by atoms with van der Waals surface area (Å²) in [5.41, 5.74) is -1.24. The van der Waals surface area contributed by atoms with E-state index in [1.165, 1.54) is 32.2 Å². The predicted molar refractivity (Wildman–Crippen MR) is 111 cm³/mol. The second-order valence-electron chi connectivity index (χ2n) is 6.88. The van der Waals surface area contributed by atoms with Gasteiger partial charge in [0.25, 0.3) is 11.8 Å². The fraction of sp³-hybridized carbons (Fsp3) is 0.182. The summed E-state index contributed by atoms with van der Waals surface area (Å²) in [6.07, 6.45) is -4.64. The van der Waals surface area contributed by atoms with Crippen LogP contribution in [0.25, 0.3) is 5.69 Å². The molecule has 2 amide bonds. The van der Waals surface area contributed by atoms with E-state index in [1.54, 1.807) is 24.3 Å². The molecule has 2 aromatic carbocycles. The van der Waals surface area contributed by atoms with Gasteiger partial charge in [-0.05, 0) is 36.8 Å². The average molecular weight is 444 g/mol. The lowest BCUT2D eigenvalue weighted by Crippen LogP contribution is -2.32. The SMILES string of the molecule is CNC(=O)c1ccc(CNC(=O)c2nn(-c3ccccc3C(F)(F)F)c(C)cc2=O)cc1. The molecule has 32 heavy (non-hydrogen) atoms. The van der Waals surface area contributed by atoms with Crippen molar-refractivity contribution in [3.63, 3.8) is 0 Å². The largest absolute Gasteiger partial charge is 0.418 e. The molecule has 0 radical (unpaired) electrons. The second kappa shape index (κ2) is 9.04. The van der Waals surface area contributed by atoms with Crippen LogP contribution in [0.5, 0.6) is 0 Å². The van der Waals surface area contributed by atoms with Crippen LogP contribution in [-0.4, -0.2) is 28.6 Å². The number of nitrogens with zero attached hydrogens (tertiary/aromatic N) is 2. The lowest BCUT2D eigenvalue weighted by molar-refractivity contribution is -0.137. The molecule has 0 aliphatic rings. The van der Waals surface area contributed by atoms with Crippen molar-refractivity contribution in [2.24, 2.45) is 0 Å². The van der Waals surface area contributed by atoms with E-state index in [9.17, 15) is 27.6 Å². The number of para-hydroxylation sites is 1. The molecule has 0 saturated heterocycles. The predicted octanol–water partition coefficient (Wildman–Crippen LogP) is 2.85. The highest BCUT2D eigenvalue weighted by molar-refractivity contribution is 5.94. The summed E-state index contributed by atoms with van der Waals surface area (Å²) in [6, 6.07) is 12.2. The van der Waals surface area contributed by atoms with Gasteiger partial charge in [-0.3, -0.25) is 14.4 Å². The Labute approximate surface area is 180 Å². The minimum Gasteiger partial charge on any atom is -0.355 e. The number of benzene rings is 2. The van der Waals surface area contributed by atoms with E-state index in [0.717, 1.165) is 16.8 Å². The zero-order valence-electron chi connectivity index (χ0n) is 17.2. The molecule has 1 aromatic heterocycles. The van der Waals surface area contributed by atoms with Crippen molar-refractivity contribution in [3.8, 4) is 5.69 Å². The lowest BCUT2D eigenvalue weighted by atomic mass is 10.1. The number of nitrogens with one attached hydrogen (secondary N) is 2. The molecular formula is C22H19F3N4O3. The first kappa shape index (κ1) is 22.7. The van der Waals surface area contributed by atoms with Gasteiger partial charge < -0.3 is 10.6 Å². The summed E-state index contributed by atoms with van der Waals surface area (Å²) in [7, 11) is 1.50. The number of aryl methyl sites for hydroxylation is 1. The first-order valence-electron chi connectivity index (χ1n) is 9.48. The van der Waals surface area contributed by atoms with Crippen LogP contribution in [0.15, 0.2) is 59.4 Å². The number of rotatable bonds is 5. The van der Waals surface area contributed by atoms with Crippen molar-refractivity contribution < 1.29 is 22.8 Å². The van der Waals surface area contributed by atoms with Gasteiger partial charge in [0.15, 0.2) is 5.69 Å². The number of halogens is 3. The van der Waals surface area contributed by atoms with Gasteiger partial charge in [0.05, 0.1) is 11.3 Å². The maximum absolute atomic E-state index is 13.4. The Bertz CT molecular complexity index is 1220. The quantitative estimate of drug-likeness (QED) is 0.633. The van der Waals surface area contributed by atoms with Crippen LogP contribution >= 0.6 is 0 Å². The summed E-state index contributed by atoms with van der Waals surface area (Å²) >= 11 is 0. The third kappa shape index (κ3) is 4.85. The summed E-state index contributed by atoms with van der Waals surface area (Å²) in [5.74, 6) is -1.09. The van der Waals surface area contributed by atoms with Crippen LogP contribution < -0.4 is 16.1 Å². The molecule has 7 nitrogen and oxygen atoms in total. The molecular weight excluding hydrogens is 425 g/mol. The Morgan fingerprint density at radius 3 is 2.31 bits per heavy atom. The molecule has 0 atom stereocenters. The molecule has 0 aliphatic heterocycles. The smallest absolute Gasteiger partial charge is 0.355 e. The Kier molecular flexibility index (Phi) is 6.42. The van der Waals surface area contributed by atoms with Crippen LogP contribution in [0.3, 0.4) is 0 Å². The third-order valence-corrected chi connectivity index (χ3v) is 4.66. The Morgan fingerprint density at radius 2 is 1.69 bits per heavy atom. The first-order chi connectivity index (χ1) is 15.1. The lowest BCUT2D eigenvalue weighted by Gasteiger charge is -2.16. The summed E-state index contributed by atoms with van der Waals surface area (Å²) in [6.45, 7) is 1.46. The van der Waals surface area contributed by atoms with Gasteiger partial charge in [0, 0.05) is 30.9 Å². The monoisotopic (exact) mass is 444 g/mol. The van der Waals surface area contributed by atoms with Crippen molar-refractivity contribution in [3.05, 3.63) is 92.9 Å². The second-order valence-corrected chi connectivity index (χ2v) is 6.88.